The molecule has 2 atom stereocenters. The molecule has 1 saturated heterocycles. The molecule has 1 amide bonds. The highest BCUT2D eigenvalue weighted by molar-refractivity contribution is 5.82. The summed E-state index contributed by atoms with van der Waals surface area (Å²) < 4.78 is 1.83. The van der Waals surface area contributed by atoms with Crippen LogP contribution < -0.4 is 10.6 Å². The lowest BCUT2D eigenvalue weighted by Crippen LogP contribution is -2.45. The Morgan fingerprint density at radius 2 is 2.62 bits per heavy atom. The highest BCUT2D eigenvalue weighted by atomic mass is 16.2. The molecule has 5 nitrogen and oxygen atoms in total. The summed E-state index contributed by atoms with van der Waals surface area (Å²) >= 11 is 0. The maximum absolute atomic E-state index is 11.8. The molecule has 1 aromatic rings. The number of rotatable bonds is 4. The van der Waals surface area contributed by atoms with Crippen molar-refractivity contribution in [1.82, 2.24) is 20.4 Å². The van der Waals surface area contributed by atoms with Crippen LogP contribution in [0, 0.1) is 0 Å². The molecule has 2 rings (SSSR count). The summed E-state index contributed by atoms with van der Waals surface area (Å²) in [5.74, 6) is 0.108. The van der Waals surface area contributed by atoms with Crippen LogP contribution >= 0.6 is 0 Å². The topological polar surface area (TPSA) is 59.0 Å². The number of carbonyl (C=O) groups excluding carboxylic acids is 1. The molecule has 1 aromatic heterocycles. The number of nitrogens with zero attached hydrogens (tertiary/aromatic N) is 2. The van der Waals surface area contributed by atoms with Crippen LogP contribution in [0.15, 0.2) is 18.5 Å². The smallest absolute Gasteiger partial charge is 0.237 e. The van der Waals surface area contributed by atoms with Crippen molar-refractivity contribution in [3.8, 4) is 0 Å². The lowest BCUT2D eigenvalue weighted by molar-refractivity contribution is -0.123. The second kappa shape index (κ2) is 5.12. The first-order valence-electron chi connectivity index (χ1n) is 5.77. The number of amides is 1. The third-order valence-corrected chi connectivity index (χ3v) is 2.79. The first kappa shape index (κ1) is 11.1. The molecule has 0 saturated carbocycles. The van der Waals surface area contributed by atoms with Gasteiger partial charge in [-0.25, -0.2) is 0 Å². The van der Waals surface area contributed by atoms with Crippen LogP contribution in [0.2, 0.25) is 0 Å². The van der Waals surface area contributed by atoms with E-state index in [-0.39, 0.29) is 18.0 Å². The Balaban J connectivity index is 1.78. The standard InChI is InChI=1S/C11H18N4O/c1-9(8-15-7-3-6-13-15)14-11(16)10-4-2-5-12-10/h3,6-7,9-10,12H,2,4-5,8H2,1H3,(H,14,16)/t9?,10-/m1/s1. The Bertz CT molecular complexity index is 330. The largest absolute Gasteiger partial charge is 0.350 e. The zero-order chi connectivity index (χ0) is 11.4. The van der Waals surface area contributed by atoms with E-state index in [0.29, 0.717) is 6.54 Å². The van der Waals surface area contributed by atoms with Gasteiger partial charge in [-0.1, -0.05) is 0 Å². The van der Waals surface area contributed by atoms with Crippen molar-refractivity contribution >= 4 is 5.91 Å². The van der Waals surface area contributed by atoms with Gasteiger partial charge in [0.05, 0.1) is 12.6 Å². The second-order valence-corrected chi connectivity index (χ2v) is 4.29. The molecular weight excluding hydrogens is 204 g/mol. The molecular formula is C11H18N4O. The van der Waals surface area contributed by atoms with E-state index in [1.165, 1.54) is 0 Å². The molecule has 0 aliphatic carbocycles. The maximum Gasteiger partial charge on any atom is 0.237 e. The minimum Gasteiger partial charge on any atom is -0.350 e. The van der Waals surface area contributed by atoms with Gasteiger partial charge in [-0.3, -0.25) is 9.48 Å². The Morgan fingerprint density at radius 1 is 1.75 bits per heavy atom. The molecule has 2 N–H and O–H groups in total. The molecule has 1 aliphatic rings. The van der Waals surface area contributed by atoms with Gasteiger partial charge in [0, 0.05) is 18.4 Å². The van der Waals surface area contributed by atoms with Crippen molar-refractivity contribution in [1.29, 1.82) is 0 Å². The normalized spacial score (nSPS) is 21.9. The van der Waals surface area contributed by atoms with Gasteiger partial charge < -0.3 is 10.6 Å². The SMILES string of the molecule is CC(Cn1cccn1)NC(=O)[C@H]1CCCN1. The summed E-state index contributed by atoms with van der Waals surface area (Å²) in [6.07, 6.45) is 5.68. The third kappa shape index (κ3) is 2.82. The van der Waals surface area contributed by atoms with Gasteiger partial charge in [0.2, 0.25) is 5.91 Å². The highest BCUT2D eigenvalue weighted by Gasteiger charge is 2.22. The van der Waals surface area contributed by atoms with Gasteiger partial charge in [0.15, 0.2) is 0 Å². The number of nitrogens with one attached hydrogen (secondary N) is 2. The predicted molar refractivity (Wildman–Crippen MR) is 60.9 cm³/mol. The summed E-state index contributed by atoms with van der Waals surface area (Å²) in [6.45, 7) is 3.66. The fraction of sp³-hybridized carbons (Fsp3) is 0.636. The highest BCUT2D eigenvalue weighted by Crippen LogP contribution is 2.05. The number of carbonyl (C=O) groups is 1. The Morgan fingerprint density at radius 3 is 3.25 bits per heavy atom. The molecule has 5 heteroatoms. The zero-order valence-electron chi connectivity index (χ0n) is 9.52. The second-order valence-electron chi connectivity index (χ2n) is 4.29. The molecule has 0 aromatic carbocycles. The van der Waals surface area contributed by atoms with Crippen LogP contribution in [-0.4, -0.2) is 34.3 Å². The van der Waals surface area contributed by atoms with Gasteiger partial charge in [-0.05, 0) is 32.4 Å². The van der Waals surface area contributed by atoms with E-state index in [0.717, 1.165) is 19.4 Å². The predicted octanol–water partition coefficient (Wildman–Crippen LogP) is 0.140. The Labute approximate surface area is 95.2 Å². The zero-order valence-corrected chi connectivity index (χ0v) is 9.52. The van der Waals surface area contributed by atoms with Crippen LogP contribution in [0.1, 0.15) is 19.8 Å². The molecule has 1 fully saturated rings. The fourth-order valence-corrected chi connectivity index (χ4v) is 1.99. The number of aromatic nitrogens is 2. The quantitative estimate of drug-likeness (QED) is 0.762. The fourth-order valence-electron chi connectivity index (χ4n) is 1.99. The summed E-state index contributed by atoms with van der Waals surface area (Å²) in [7, 11) is 0. The van der Waals surface area contributed by atoms with Crippen LogP contribution in [0.5, 0.6) is 0 Å². The van der Waals surface area contributed by atoms with E-state index in [9.17, 15) is 4.79 Å². The Kier molecular flexibility index (Phi) is 3.56. The molecule has 16 heavy (non-hydrogen) atoms. The van der Waals surface area contributed by atoms with E-state index < -0.39 is 0 Å². The van der Waals surface area contributed by atoms with E-state index in [4.69, 9.17) is 0 Å². The summed E-state index contributed by atoms with van der Waals surface area (Å²) in [5.41, 5.74) is 0. The summed E-state index contributed by atoms with van der Waals surface area (Å²) in [5, 5.41) is 10.3. The minimum atomic E-state index is 0.0000661. The van der Waals surface area contributed by atoms with Crippen molar-refractivity contribution in [3.05, 3.63) is 18.5 Å². The number of hydrogen-bond donors (Lipinski definition) is 2. The van der Waals surface area contributed by atoms with Crippen molar-refractivity contribution in [2.45, 2.75) is 38.4 Å². The number of hydrogen-bond acceptors (Lipinski definition) is 3. The summed E-state index contributed by atoms with van der Waals surface area (Å²) in [6, 6.07) is 1.99. The molecule has 88 valence electrons. The van der Waals surface area contributed by atoms with Crippen molar-refractivity contribution in [2.24, 2.45) is 0 Å². The monoisotopic (exact) mass is 222 g/mol. The van der Waals surface area contributed by atoms with Gasteiger partial charge in [0.1, 0.15) is 0 Å². The average molecular weight is 222 g/mol. The first-order chi connectivity index (χ1) is 7.75. The molecule has 0 radical (unpaired) electrons. The average Bonchev–Trinajstić information content (AvgIpc) is 2.88. The lowest BCUT2D eigenvalue weighted by Gasteiger charge is -2.17. The van der Waals surface area contributed by atoms with Crippen LogP contribution in [0.4, 0.5) is 0 Å². The van der Waals surface area contributed by atoms with Crippen LogP contribution in [-0.2, 0) is 11.3 Å². The van der Waals surface area contributed by atoms with E-state index in [1.54, 1.807) is 6.20 Å². The van der Waals surface area contributed by atoms with E-state index in [2.05, 4.69) is 15.7 Å². The molecule has 0 spiro atoms. The van der Waals surface area contributed by atoms with Gasteiger partial charge >= 0.3 is 0 Å². The van der Waals surface area contributed by atoms with Gasteiger partial charge in [0.25, 0.3) is 0 Å². The molecule has 1 unspecified atom stereocenters. The molecule has 0 bridgehead atoms. The lowest BCUT2D eigenvalue weighted by atomic mass is 10.2. The summed E-state index contributed by atoms with van der Waals surface area (Å²) in [4.78, 5) is 11.8. The van der Waals surface area contributed by atoms with Gasteiger partial charge in [-0.2, -0.15) is 5.10 Å². The first-order valence-corrected chi connectivity index (χ1v) is 5.77. The van der Waals surface area contributed by atoms with Gasteiger partial charge in [-0.15, -0.1) is 0 Å². The van der Waals surface area contributed by atoms with E-state index >= 15 is 0 Å². The Hall–Kier alpha value is -1.36. The van der Waals surface area contributed by atoms with E-state index in [1.807, 2.05) is 23.9 Å². The third-order valence-electron chi connectivity index (χ3n) is 2.79. The van der Waals surface area contributed by atoms with Crippen LogP contribution in [0.25, 0.3) is 0 Å². The minimum absolute atomic E-state index is 0.0000661. The van der Waals surface area contributed by atoms with Crippen LogP contribution in [0.3, 0.4) is 0 Å². The van der Waals surface area contributed by atoms with Crippen molar-refractivity contribution in [3.63, 3.8) is 0 Å². The molecule has 1 aliphatic heterocycles. The van der Waals surface area contributed by atoms with Crippen molar-refractivity contribution < 1.29 is 4.79 Å². The van der Waals surface area contributed by atoms with Crippen molar-refractivity contribution in [2.75, 3.05) is 6.54 Å². The maximum atomic E-state index is 11.8. The molecule has 2 heterocycles.